The van der Waals surface area contributed by atoms with E-state index in [1.807, 2.05) is 32.8 Å². The molecule has 4 fully saturated rings. The quantitative estimate of drug-likeness (QED) is 0.283. The van der Waals surface area contributed by atoms with Crippen LogP contribution in [0.2, 0.25) is 0 Å². The summed E-state index contributed by atoms with van der Waals surface area (Å²) in [5.41, 5.74) is -4.18. The van der Waals surface area contributed by atoms with Crippen molar-refractivity contribution in [3.63, 3.8) is 0 Å². The molecular weight excluding hydrogens is 752 g/mol. The Hall–Kier alpha value is -1.35. The molecule has 1 aliphatic carbocycles. The molecule has 4 aliphatic rings. The summed E-state index contributed by atoms with van der Waals surface area (Å²) in [4.78, 5) is 30.1. The highest BCUT2D eigenvalue weighted by atomic mass is 32.2. The van der Waals surface area contributed by atoms with Crippen LogP contribution in [0.15, 0.2) is 0 Å². The lowest BCUT2D eigenvalue weighted by molar-refractivity contribution is -0.313. The zero-order valence-corrected chi connectivity index (χ0v) is 36.8. The third-order valence-electron chi connectivity index (χ3n) is 13.6. The van der Waals surface area contributed by atoms with Gasteiger partial charge in [0.1, 0.15) is 23.6 Å². The normalized spacial score (nSPS) is 48.6. The minimum atomic E-state index is -3.63. The van der Waals surface area contributed by atoms with Crippen LogP contribution >= 0.6 is 0 Å². The predicted octanol–water partition coefficient (Wildman–Crippen LogP) is 1.56. The highest BCUT2D eigenvalue weighted by Crippen LogP contribution is 2.51. The van der Waals surface area contributed by atoms with Gasteiger partial charge in [-0.2, -0.15) is 0 Å². The van der Waals surface area contributed by atoms with E-state index in [1.54, 1.807) is 48.5 Å². The van der Waals surface area contributed by atoms with Crippen molar-refractivity contribution < 1.29 is 66.5 Å². The van der Waals surface area contributed by atoms with Gasteiger partial charge in [0.25, 0.3) is 0 Å². The van der Waals surface area contributed by atoms with Crippen LogP contribution in [-0.4, -0.2) is 171 Å². The molecular formula is C39H70N2O14S. The zero-order valence-electron chi connectivity index (χ0n) is 36.0. The van der Waals surface area contributed by atoms with Gasteiger partial charge in [-0.05, 0) is 61.6 Å². The number of rotatable bonds is 9. The van der Waals surface area contributed by atoms with Crippen molar-refractivity contribution in [3.05, 3.63) is 0 Å². The highest BCUT2D eigenvalue weighted by Gasteiger charge is 2.70. The number of fused-ring (bicyclic) bond motifs is 1. The zero-order chi connectivity index (χ0) is 42.6. The number of aliphatic hydroxyl groups excluding tert-OH is 2. The number of likely N-dealkylation sites (N-methyl/N-ethyl adjacent to an activating group) is 2. The minimum absolute atomic E-state index is 0.0871. The van der Waals surface area contributed by atoms with Crippen molar-refractivity contribution in [2.24, 2.45) is 29.6 Å². The largest absolute Gasteiger partial charge is 0.458 e. The molecule has 3 aliphatic heterocycles. The van der Waals surface area contributed by atoms with Crippen LogP contribution in [0, 0.1) is 29.6 Å². The summed E-state index contributed by atoms with van der Waals surface area (Å²) in [6, 6.07) is -1.15. The Morgan fingerprint density at radius 2 is 1.43 bits per heavy atom. The van der Waals surface area contributed by atoms with Crippen molar-refractivity contribution >= 4 is 21.8 Å². The maximum atomic E-state index is 14.2. The molecule has 3 N–H and O–H groups in total. The Labute approximate surface area is 333 Å². The van der Waals surface area contributed by atoms with Crippen molar-refractivity contribution in [1.29, 1.82) is 0 Å². The summed E-state index contributed by atoms with van der Waals surface area (Å²) < 4.78 is 71.7. The van der Waals surface area contributed by atoms with Gasteiger partial charge in [0.2, 0.25) is 10.0 Å². The number of carbonyl (C=O) groups excluding carboxylic acids is 2. The number of esters is 1. The van der Waals surface area contributed by atoms with Gasteiger partial charge in [-0.25, -0.2) is 12.7 Å². The summed E-state index contributed by atoms with van der Waals surface area (Å²) in [7, 11) is 4.53. The topological polar surface area (TPSA) is 200 Å². The minimum Gasteiger partial charge on any atom is -0.458 e. The lowest BCUT2D eigenvalue weighted by Crippen LogP contribution is -2.64. The average molecular weight is 823 g/mol. The lowest BCUT2D eigenvalue weighted by Gasteiger charge is -2.51. The van der Waals surface area contributed by atoms with Crippen LogP contribution in [0.1, 0.15) is 81.6 Å². The number of hydrogen-bond donors (Lipinski definition) is 3. The highest BCUT2D eigenvalue weighted by molar-refractivity contribution is 7.88. The number of sulfonamides is 1. The second-order valence-corrected chi connectivity index (χ2v) is 19.9. The van der Waals surface area contributed by atoms with Crippen LogP contribution in [0.5, 0.6) is 0 Å². The Kier molecular flexibility index (Phi) is 14.6. The SMILES string of the molecule is CO[C@]1(C)C[C@H](O[C@H]2[C@H](C)[C@@H](O[C@@H]3O[C@H](C)C[C@@H](N(C)S(C)(=O)=O)[C@@H]3N(C)C)[C@@](C)(OC)C[C@@H](C)C(=O)[C@H](C)[C@@H](O)[C@@]3(O)C(C)[C@H]3OC(=O)[C@@H]2C)O[C@@H](C)[C@@H]1O. The molecule has 0 aromatic rings. The fraction of sp³-hybridized carbons (Fsp3) is 0.949. The summed E-state index contributed by atoms with van der Waals surface area (Å²) in [5, 5.41) is 34.0. The maximum Gasteiger partial charge on any atom is 0.311 e. The first kappa shape index (κ1) is 47.3. The van der Waals surface area contributed by atoms with Crippen LogP contribution in [-0.2, 0) is 52.8 Å². The summed E-state index contributed by atoms with van der Waals surface area (Å²) in [6.45, 7) is 15.5. The number of ether oxygens (including phenoxy) is 7. The second-order valence-electron chi connectivity index (χ2n) is 17.9. The van der Waals surface area contributed by atoms with Crippen molar-refractivity contribution in [1.82, 2.24) is 9.21 Å². The molecule has 1 unspecified atom stereocenters. The molecule has 17 heteroatoms. The molecule has 4 rings (SSSR count). The molecule has 0 aromatic carbocycles. The Balaban J connectivity index is 1.88. The van der Waals surface area contributed by atoms with E-state index in [9.17, 15) is 33.3 Å². The second kappa shape index (κ2) is 17.3. The lowest BCUT2D eigenvalue weighted by atomic mass is 9.75. The third-order valence-corrected chi connectivity index (χ3v) is 14.9. The number of Topliss-reactive ketones (excluding diaryl/α,β-unsaturated/α-hetero) is 1. The maximum absolute atomic E-state index is 14.2. The fourth-order valence-electron chi connectivity index (χ4n) is 9.50. The molecule has 0 spiro atoms. The van der Waals surface area contributed by atoms with Gasteiger partial charge >= 0.3 is 5.97 Å². The van der Waals surface area contributed by atoms with Gasteiger partial charge < -0.3 is 53.4 Å². The molecule has 3 heterocycles. The number of methoxy groups -OCH3 is 2. The molecule has 16 nitrogen and oxygen atoms in total. The van der Waals surface area contributed by atoms with Gasteiger partial charge in [0, 0.05) is 57.4 Å². The smallest absolute Gasteiger partial charge is 0.311 e. The van der Waals surface area contributed by atoms with Crippen molar-refractivity contribution in [3.8, 4) is 0 Å². The molecule has 0 amide bonds. The van der Waals surface area contributed by atoms with Gasteiger partial charge in [0.15, 0.2) is 12.6 Å². The molecule has 1 saturated carbocycles. The molecule has 56 heavy (non-hydrogen) atoms. The molecule has 326 valence electrons. The number of aliphatic hydroxyl groups is 3. The van der Waals surface area contributed by atoms with Crippen LogP contribution < -0.4 is 0 Å². The average Bonchev–Trinajstić information content (AvgIpc) is 3.65. The van der Waals surface area contributed by atoms with Crippen LogP contribution in [0.3, 0.4) is 0 Å². The van der Waals surface area contributed by atoms with E-state index >= 15 is 0 Å². The van der Waals surface area contributed by atoms with Crippen LogP contribution in [0.25, 0.3) is 0 Å². The number of nitrogens with zero attached hydrogens (tertiary/aromatic N) is 2. The van der Waals surface area contributed by atoms with E-state index in [0.717, 1.165) is 6.26 Å². The first-order chi connectivity index (χ1) is 25.7. The first-order valence-corrected chi connectivity index (χ1v) is 21.7. The number of ketones is 1. The molecule has 19 atom stereocenters. The molecule has 3 saturated heterocycles. The van der Waals surface area contributed by atoms with Gasteiger partial charge in [-0.3, -0.25) is 9.59 Å². The van der Waals surface area contributed by atoms with Crippen molar-refractivity contribution in [2.45, 2.75) is 166 Å². The first-order valence-electron chi connectivity index (χ1n) is 19.8. The van der Waals surface area contributed by atoms with Crippen molar-refractivity contribution in [2.75, 3.05) is 41.6 Å². The van der Waals surface area contributed by atoms with E-state index in [4.69, 9.17) is 33.2 Å². The van der Waals surface area contributed by atoms with E-state index < -0.39 is 130 Å². The van der Waals surface area contributed by atoms with E-state index in [0.29, 0.717) is 6.42 Å². The monoisotopic (exact) mass is 822 g/mol. The number of carbonyl (C=O) groups is 2. The number of hydrogen-bond acceptors (Lipinski definition) is 15. The molecule has 0 radical (unpaired) electrons. The molecule has 0 aromatic heterocycles. The summed E-state index contributed by atoms with van der Waals surface area (Å²) >= 11 is 0. The Morgan fingerprint density at radius 3 is 1.96 bits per heavy atom. The third kappa shape index (κ3) is 9.04. The van der Waals surface area contributed by atoms with Gasteiger partial charge in [-0.1, -0.05) is 27.7 Å². The fourth-order valence-corrected chi connectivity index (χ4v) is 10.2. The van der Waals surface area contributed by atoms with Crippen LogP contribution in [0.4, 0.5) is 0 Å². The van der Waals surface area contributed by atoms with E-state index in [2.05, 4.69) is 0 Å². The molecule has 0 bridgehead atoms. The summed E-state index contributed by atoms with van der Waals surface area (Å²) in [5.74, 6) is -5.20. The van der Waals surface area contributed by atoms with Gasteiger partial charge in [-0.15, -0.1) is 0 Å². The predicted molar refractivity (Wildman–Crippen MR) is 205 cm³/mol. The standard InChI is InChI=1S/C39H70N2O14S/c1-19-17-38(9,50-14)33(55-36-28(40(10)11)26(16-20(2)51-36)41(12)56(15,47)48)22(4)30(53-27-18-37(8,49-13)32(44)25(7)52-27)23(5)35(45)54-34-24(6)39(34,46)31(43)21(3)29(19)42/h19-28,30-34,36,43-44,46H,16-18H2,1-15H3/t19-,20-,21+,22+,23-,24?,25+,26-,27+,28+,30+,31-,32+,33-,34-,36+,37-,38+,39+/m1/s1. The summed E-state index contributed by atoms with van der Waals surface area (Å²) in [6.07, 6.45) is -7.00. The van der Waals surface area contributed by atoms with Gasteiger partial charge in [0.05, 0.1) is 59.9 Å². The van der Waals surface area contributed by atoms with E-state index in [-0.39, 0.29) is 18.6 Å². The Bertz CT molecular complexity index is 1500. The van der Waals surface area contributed by atoms with E-state index in [1.165, 1.54) is 25.6 Å². The Morgan fingerprint density at radius 1 is 0.839 bits per heavy atom.